The fourth-order valence-corrected chi connectivity index (χ4v) is 4.04. The second-order valence-electron chi connectivity index (χ2n) is 5.85. The van der Waals surface area contributed by atoms with Gasteiger partial charge in [-0.15, -0.1) is 12.4 Å². The highest BCUT2D eigenvalue weighted by Gasteiger charge is 2.28. The molecule has 2 aromatic heterocycles. The number of nitrogens with one attached hydrogen (secondary N) is 1. The largest absolute Gasteiger partial charge is 0.360 e. The van der Waals surface area contributed by atoms with Gasteiger partial charge in [0.05, 0.1) is 6.04 Å². The van der Waals surface area contributed by atoms with E-state index in [1.165, 1.54) is 6.92 Å². The highest BCUT2D eigenvalue weighted by molar-refractivity contribution is 7.89. The summed E-state index contributed by atoms with van der Waals surface area (Å²) in [5.74, 6) is 0.735. The normalized spacial score (nSPS) is 12.6. The van der Waals surface area contributed by atoms with Crippen LogP contribution in [-0.2, 0) is 16.6 Å². The van der Waals surface area contributed by atoms with Crippen molar-refractivity contribution in [3.05, 3.63) is 47.2 Å². The van der Waals surface area contributed by atoms with Crippen LogP contribution in [0.3, 0.4) is 0 Å². The Kier molecular flexibility index (Phi) is 6.37. The summed E-state index contributed by atoms with van der Waals surface area (Å²) in [5, 5.41) is 7.57. The van der Waals surface area contributed by atoms with Gasteiger partial charge in [0, 0.05) is 12.1 Å². The molecule has 3 rings (SSSR count). The lowest BCUT2D eigenvalue weighted by molar-refractivity contribution is 0.353. The lowest BCUT2D eigenvalue weighted by Crippen LogP contribution is -2.27. The molecule has 1 unspecified atom stereocenters. The maximum Gasteiger partial charge on any atom is 0.246 e. The fourth-order valence-electron chi connectivity index (χ4n) is 2.52. The summed E-state index contributed by atoms with van der Waals surface area (Å²) in [6, 6.07) is 6.67. The van der Waals surface area contributed by atoms with Crippen molar-refractivity contribution in [3.8, 4) is 11.4 Å². The van der Waals surface area contributed by atoms with Crippen molar-refractivity contribution in [2.75, 3.05) is 0 Å². The minimum Gasteiger partial charge on any atom is -0.360 e. The molecule has 146 valence electrons. The first-order valence-corrected chi connectivity index (χ1v) is 9.38. The molecular formula is C16H20ClN5O4S. The molecule has 0 radical (unpaired) electrons. The number of aryl methyl sites for hydroxylation is 2. The van der Waals surface area contributed by atoms with E-state index in [4.69, 9.17) is 14.8 Å². The van der Waals surface area contributed by atoms with Crippen molar-refractivity contribution < 1.29 is 17.5 Å². The number of hydrogen-bond donors (Lipinski definition) is 2. The quantitative estimate of drug-likeness (QED) is 0.627. The van der Waals surface area contributed by atoms with E-state index in [1.807, 2.05) is 24.3 Å². The predicted octanol–water partition coefficient (Wildman–Crippen LogP) is 2.26. The summed E-state index contributed by atoms with van der Waals surface area (Å²) in [4.78, 5) is 4.29. The fraction of sp³-hybridized carbons (Fsp3) is 0.312. The third-order valence-corrected chi connectivity index (χ3v) is 5.61. The van der Waals surface area contributed by atoms with Crippen LogP contribution in [0.5, 0.6) is 0 Å². The van der Waals surface area contributed by atoms with E-state index in [9.17, 15) is 8.42 Å². The number of benzene rings is 1. The first kappa shape index (κ1) is 21.0. The van der Waals surface area contributed by atoms with Crippen LogP contribution >= 0.6 is 12.4 Å². The van der Waals surface area contributed by atoms with Crippen LogP contribution in [0.4, 0.5) is 0 Å². The molecule has 3 aromatic rings. The summed E-state index contributed by atoms with van der Waals surface area (Å²) < 4.78 is 37.7. The second-order valence-corrected chi connectivity index (χ2v) is 7.50. The van der Waals surface area contributed by atoms with Gasteiger partial charge in [-0.1, -0.05) is 34.6 Å². The van der Waals surface area contributed by atoms with Crippen molar-refractivity contribution >= 4 is 22.4 Å². The molecule has 1 aromatic carbocycles. The summed E-state index contributed by atoms with van der Waals surface area (Å²) in [6.07, 6.45) is 0. The average Bonchev–Trinajstić information content (AvgIpc) is 3.22. The number of hydrogen-bond acceptors (Lipinski definition) is 8. The van der Waals surface area contributed by atoms with Gasteiger partial charge >= 0.3 is 0 Å². The minimum atomic E-state index is -3.84. The van der Waals surface area contributed by atoms with Gasteiger partial charge in [0.1, 0.15) is 10.6 Å². The van der Waals surface area contributed by atoms with Crippen molar-refractivity contribution in [2.45, 2.75) is 38.3 Å². The molecule has 9 nitrogen and oxygen atoms in total. The van der Waals surface area contributed by atoms with Crippen molar-refractivity contribution in [2.24, 2.45) is 5.73 Å². The van der Waals surface area contributed by atoms with E-state index in [0.717, 1.165) is 11.1 Å². The molecule has 0 saturated carbocycles. The van der Waals surface area contributed by atoms with Crippen molar-refractivity contribution in [1.29, 1.82) is 0 Å². The Morgan fingerprint density at radius 1 is 1.15 bits per heavy atom. The summed E-state index contributed by atoms with van der Waals surface area (Å²) in [6.45, 7) is 5.16. The number of rotatable bonds is 6. The maximum absolute atomic E-state index is 12.6. The summed E-state index contributed by atoms with van der Waals surface area (Å²) in [5.41, 5.74) is 7.59. The first-order valence-electron chi connectivity index (χ1n) is 7.90. The molecule has 0 bridgehead atoms. The molecule has 2 heterocycles. The van der Waals surface area contributed by atoms with Crippen LogP contribution < -0.4 is 10.5 Å². The highest BCUT2D eigenvalue weighted by Crippen LogP contribution is 2.23. The molecular weight excluding hydrogens is 394 g/mol. The zero-order chi connectivity index (χ0) is 18.9. The monoisotopic (exact) mass is 413 g/mol. The number of halogens is 1. The van der Waals surface area contributed by atoms with Gasteiger partial charge in [-0.25, -0.2) is 8.42 Å². The Labute approximate surface area is 162 Å². The molecule has 0 saturated heterocycles. The second kappa shape index (κ2) is 8.17. The van der Waals surface area contributed by atoms with Crippen LogP contribution in [0.15, 0.2) is 38.2 Å². The molecule has 0 amide bonds. The maximum atomic E-state index is 12.6. The molecule has 0 aliphatic carbocycles. The Hall–Kier alpha value is -2.27. The smallest absolute Gasteiger partial charge is 0.246 e. The van der Waals surface area contributed by atoms with E-state index in [0.29, 0.717) is 12.4 Å². The third-order valence-electron chi connectivity index (χ3n) is 3.83. The van der Waals surface area contributed by atoms with Crippen LogP contribution in [0.25, 0.3) is 11.4 Å². The van der Waals surface area contributed by atoms with Gasteiger partial charge in [0.2, 0.25) is 21.7 Å². The average molecular weight is 414 g/mol. The summed E-state index contributed by atoms with van der Waals surface area (Å²) in [7, 11) is -3.84. The van der Waals surface area contributed by atoms with E-state index >= 15 is 0 Å². The molecule has 27 heavy (non-hydrogen) atoms. The van der Waals surface area contributed by atoms with Gasteiger partial charge in [0.25, 0.3) is 0 Å². The van der Waals surface area contributed by atoms with Crippen LogP contribution in [-0.4, -0.2) is 23.7 Å². The number of nitrogens with two attached hydrogens (primary N) is 1. The number of nitrogens with zero attached hydrogens (tertiary/aromatic N) is 3. The summed E-state index contributed by atoms with van der Waals surface area (Å²) >= 11 is 0. The van der Waals surface area contributed by atoms with E-state index < -0.39 is 16.1 Å². The third kappa shape index (κ3) is 4.35. The lowest BCUT2D eigenvalue weighted by atomic mass is 10.1. The molecule has 1 atom stereocenters. The van der Waals surface area contributed by atoms with E-state index in [2.05, 4.69) is 20.0 Å². The molecule has 3 N–H and O–H groups in total. The zero-order valence-electron chi connectivity index (χ0n) is 15.0. The highest BCUT2D eigenvalue weighted by atomic mass is 35.5. The van der Waals surface area contributed by atoms with Crippen molar-refractivity contribution in [1.82, 2.24) is 20.0 Å². The number of aromatic nitrogens is 3. The minimum absolute atomic E-state index is 0. The topological polar surface area (TPSA) is 137 Å². The van der Waals surface area contributed by atoms with Crippen LogP contribution in [0.2, 0.25) is 0 Å². The Balaban J connectivity index is 0.00000261. The van der Waals surface area contributed by atoms with Gasteiger partial charge < -0.3 is 14.8 Å². The molecule has 11 heteroatoms. The van der Waals surface area contributed by atoms with E-state index in [1.54, 1.807) is 13.8 Å². The standard InChI is InChI=1S/C16H19N5O4S.ClH/c1-9-14(11(3)24-19-9)26(22,23)21-10(2)16-18-15(20-25-16)13-6-4-12(8-17)5-7-13;/h4-7,10,21H,8,17H2,1-3H3;1H. The van der Waals surface area contributed by atoms with Gasteiger partial charge in [0.15, 0.2) is 5.76 Å². The van der Waals surface area contributed by atoms with E-state index in [-0.39, 0.29) is 34.6 Å². The number of sulfonamides is 1. The first-order chi connectivity index (χ1) is 12.3. The Morgan fingerprint density at radius 3 is 2.37 bits per heavy atom. The molecule has 0 spiro atoms. The van der Waals surface area contributed by atoms with Crippen LogP contribution in [0.1, 0.15) is 35.9 Å². The Bertz CT molecular complexity index is 994. The van der Waals surface area contributed by atoms with Gasteiger partial charge in [-0.2, -0.15) is 9.71 Å². The van der Waals surface area contributed by atoms with Gasteiger partial charge in [-0.3, -0.25) is 0 Å². The SMILES string of the molecule is Cc1noc(C)c1S(=O)(=O)NC(C)c1nc(-c2ccc(CN)cc2)no1.Cl. The predicted molar refractivity (Wildman–Crippen MR) is 99.6 cm³/mol. The lowest BCUT2D eigenvalue weighted by Gasteiger charge is -2.09. The van der Waals surface area contributed by atoms with Crippen LogP contribution in [0, 0.1) is 13.8 Å². The van der Waals surface area contributed by atoms with Gasteiger partial charge in [-0.05, 0) is 26.3 Å². The van der Waals surface area contributed by atoms with Crippen molar-refractivity contribution in [3.63, 3.8) is 0 Å². The molecule has 0 fully saturated rings. The Morgan fingerprint density at radius 2 is 1.81 bits per heavy atom. The molecule has 0 aliphatic heterocycles. The molecule has 0 aliphatic rings. The zero-order valence-corrected chi connectivity index (χ0v) is 16.6.